The minimum Gasteiger partial charge on any atom is -0.445 e. The predicted octanol–water partition coefficient (Wildman–Crippen LogP) is 1.85. The predicted molar refractivity (Wildman–Crippen MR) is 178 cm³/mol. The summed E-state index contributed by atoms with van der Waals surface area (Å²) >= 11 is 0. The van der Waals surface area contributed by atoms with Gasteiger partial charge in [0.15, 0.2) is 5.78 Å². The van der Waals surface area contributed by atoms with E-state index in [2.05, 4.69) is 11.9 Å². The third-order valence-electron chi connectivity index (χ3n) is 11.9. The lowest BCUT2D eigenvalue weighted by molar-refractivity contribution is -0.213. The van der Waals surface area contributed by atoms with Crippen molar-refractivity contribution < 1.29 is 44.0 Å². The first-order valence-corrected chi connectivity index (χ1v) is 17.1. The van der Waals surface area contributed by atoms with Gasteiger partial charge in [0.05, 0.1) is 30.3 Å². The van der Waals surface area contributed by atoms with Gasteiger partial charge in [-0.05, 0) is 54.2 Å². The largest absolute Gasteiger partial charge is 0.445 e. The molecule has 11 nitrogen and oxygen atoms in total. The van der Waals surface area contributed by atoms with Crippen molar-refractivity contribution in [2.45, 2.75) is 82.0 Å². The number of ketones is 1. The third kappa shape index (κ3) is 5.24. The number of primary amides is 1. The van der Waals surface area contributed by atoms with Gasteiger partial charge in [0.1, 0.15) is 5.41 Å². The van der Waals surface area contributed by atoms with Crippen LogP contribution in [0.5, 0.6) is 0 Å². The summed E-state index contributed by atoms with van der Waals surface area (Å²) in [6.45, 7) is 8.11. The molecule has 2 heterocycles. The quantitative estimate of drug-likeness (QED) is 0.235. The van der Waals surface area contributed by atoms with Crippen LogP contribution in [0.25, 0.3) is 0 Å². The lowest BCUT2D eigenvalue weighted by Gasteiger charge is -2.53. The van der Waals surface area contributed by atoms with Gasteiger partial charge in [-0.3, -0.25) is 14.4 Å². The van der Waals surface area contributed by atoms with Crippen molar-refractivity contribution in [3.8, 4) is 0 Å². The number of Topliss-reactive ketones (excluding diaryl/α,β-unsaturated/α-hetero) is 1. The number of methoxy groups -OCH3 is 1. The van der Waals surface area contributed by atoms with Crippen molar-refractivity contribution in [2.75, 3.05) is 7.11 Å². The first kappa shape index (κ1) is 34.9. The first-order chi connectivity index (χ1) is 23.3. The Morgan fingerprint density at radius 3 is 2.49 bits per heavy atom. The Labute approximate surface area is 285 Å². The fraction of sp³-hybridized carbons (Fsp3) is 0.526. The molecule has 1 saturated heterocycles. The zero-order valence-corrected chi connectivity index (χ0v) is 28.1. The lowest BCUT2D eigenvalue weighted by Crippen LogP contribution is -2.70. The van der Waals surface area contributed by atoms with Gasteiger partial charge >= 0.3 is 5.97 Å². The highest BCUT2D eigenvalue weighted by Gasteiger charge is 2.74. The molecule has 2 saturated carbocycles. The zero-order chi connectivity index (χ0) is 35.4. The molecule has 11 heteroatoms. The second kappa shape index (κ2) is 13.1. The van der Waals surface area contributed by atoms with E-state index < -0.39 is 82.9 Å². The summed E-state index contributed by atoms with van der Waals surface area (Å²) in [5.74, 6) is -5.73. The molecule has 6 rings (SSSR count). The number of ether oxygens (including phenoxy) is 2. The number of aliphatic hydroxyl groups excluding tert-OH is 3. The number of hydrogen-bond donors (Lipinski definition) is 5. The van der Waals surface area contributed by atoms with Gasteiger partial charge in [0.2, 0.25) is 11.5 Å². The molecule has 0 radical (unpaired) electrons. The number of nitrogens with two attached hydrogens (primary N) is 1. The molecule has 0 aromatic heterocycles. The summed E-state index contributed by atoms with van der Waals surface area (Å²) in [4.78, 5) is 55.2. The minimum absolute atomic E-state index is 0.00880. The molecule has 3 fully saturated rings. The normalized spacial score (nSPS) is 41.5. The summed E-state index contributed by atoms with van der Waals surface area (Å²) in [6, 6.07) is 9.17. The average molecular weight is 675 g/mol. The van der Waals surface area contributed by atoms with Gasteiger partial charge in [-0.2, -0.15) is 0 Å². The van der Waals surface area contributed by atoms with Crippen LogP contribution in [0.1, 0.15) is 45.1 Å². The number of hydrogen-bond acceptors (Lipinski definition) is 9. The van der Waals surface area contributed by atoms with Gasteiger partial charge in [0.25, 0.3) is 5.91 Å². The van der Waals surface area contributed by atoms with E-state index in [4.69, 9.17) is 15.2 Å². The maximum atomic E-state index is 14.3. The van der Waals surface area contributed by atoms with Crippen LogP contribution in [0, 0.1) is 35.0 Å². The van der Waals surface area contributed by atoms with Gasteiger partial charge in [0, 0.05) is 43.1 Å². The van der Waals surface area contributed by atoms with Crippen LogP contribution in [0.15, 0.2) is 77.9 Å². The number of esters is 1. The summed E-state index contributed by atoms with van der Waals surface area (Å²) in [5, 5.41) is 36.5. The standard InChI is InChI=1S/C38H46N2O9/c1-19-10-8-14-24-31(43)21(3)20(2)29-25(18-22-12-6-5-7-13-22)40-36(47)38(24,29)49-27(42)17-16-23-28(26(41)15-9-11-19)33(48-4)30-32(44)34(45)37(23,30)35(39)46/h5-8,12-14,16-17,19-20,24-25,29-34,43-45H,3,9-11,15,18H2,1-2,4H3,(H2,39,46)(H,40,47)/b14-8+,17-16?/t19-,20+,24?,25-,29?,30?,31+,32?,33?,34?,37?,38+/m0/s1. The molecule has 0 bridgehead atoms. The van der Waals surface area contributed by atoms with E-state index in [0.29, 0.717) is 31.3 Å². The van der Waals surface area contributed by atoms with Crippen LogP contribution in [-0.2, 0) is 35.1 Å². The van der Waals surface area contributed by atoms with E-state index in [1.165, 1.54) is 13.2 Å². The monoisotopic (exact) mass is 674 g/mol. The maximum absolute atomic E-state index is 14.3. The van der Waals surface area contributed by atoms with Crippen LogP contribution in [0.3, 0.4) is 0 Å². The van der Waals surface area contributed by atoms with Gasteiger partial charge < -0.3 is 35.8 Å². The van der Waals surface area contributed by atoms with E-state index in [9.17, 15) is 34.5 Å². The molecule has 12 atom stereocenters. The highest BCUT2D eigenvalue weighted by Crippen LogP contribution is 2.61. The molecule has 3 aliphatic carbocycles. The van der Waals surface area contributed by atoms with Crippen molar-refractivity contribution in [1.82, 2.24) is 5.32 Å². The fourth-order valence-electron chi connectivity index (χ4n) is 9.40. The van der Waals surface area contributed by atoms with E-state index >= 15 is 0 Å². The number of carbonyl (C=O) groups excluding carboxylic acids is 4. The molecule has 7 unspecified atom stereocenters. The highest BCUT2D eigenvalue weighted by molar-refractivity contribution is 6.03. The van der Waals surface area contributed by atoms with Crippen molar-refractivity contribution in [3.05, 3.63) is 83.5 Å². The minimum atomic E-state index is -1.88. The number of carbonyl (C=O) groups is 4. The van der Waals surface area contributed by atoms with Crippen LogP contribution in [0.4, 0.5) is 0 Å². The molecule has 6 N–H and O–H groups in total. The second-order valence-corrected chi connectivity index (χ2v) is 14.4. The highest BCUT2D eigenvalue weighted by atomic mass is 16.6. The molecule has 49 heavy (non-hydrogen) atoms. The van der Waals surface area contributed by atoms with Crippen molar-refractivity contribution in [1.29, 1.82) is 0 Å². The molecule has 262 valence electrons. The van der Waals surface area contributed by atoms with E-state index in [-0.39, 0.29) is 29.3 Å². The van der Waals surface area contributed by atoms with Gasteiger partial charge in [-0.25, -0.2) is 4.79 Å². The number of rotatable bonds is 4. The summed E-state index contributed by atoms with van der Waals surface area (Å²) in [7, 11) is 1.34. The van der Waals surface area contributed by atoms with Gasteiger partial charge in [-0.1, -0.05) is 69.0 Å². The summed E-state index contributed by atoms with van der Waals surface area (Å²) in [5.41, 5.74) is 3.75. The van der Waals surface area contributed by atoms with E-state index in [0.717, 1.165) is 11.6 Å². The SMILES string of the molecule is C=C1[C@@H](C)C2[C@H](Cc3ccccc3)NC(=O)[C@]23OC(=O)C=CC2=C(C(=O)CCC[C@@H](C)C/C=C/C3[C@@H]1O)C(OC)C1C(O)C(O)C21C(N)=O. The molecular formula is C38H46N2O9. The van der Waals surface area contributed by atoms with Crippen LogP contribution in [-0.4, -0.2) is 82.1 Å². The molecule has 2 aliphatic heterocycles. The van der Waals surface area contributed by atoms with Crippen LogP contribution < -0.4 is 11.1 Å². The number of aliphatic hydroxyl groups is 3. The zero-order valence-electron chi connectivity index (χ0n) is 28.1. The summed E-state index contributed by atoms with van der Waals surface area (Å²) in [6.07, 6.45) is 2.89. The Hall–Kier alpha value is -3.90. The third-order valence-corrected chi connectivity index (χ3v) is 11.9. The number of nitrogens with one attached hydrogen (secondary N) is 1. The number of amides is 2. The van der Waals surface area contributed by atoms with Crippen molar-refractivity contribution >= 4 is 23.6 Å². The topological polar surface area (TPSA) is 185 Å². The Bertz CT molecular complexity index is 1630. The molecule has 1 aromatic carbocycles. The van der Waals surface area contributed by atoms with Crippen LogP contribution in [0.2, 0.25) is 0 Å². The van der Waals surface area contributed by atoms with E-state index in [1.807, 2.05) is 50.3 Å². The fourth-order valence-corrected chi connectivity index (χ4v) is 9.40. The Kier molecular flexibility index (Phi) is 9.34. The smallest absolute Gasteiger partial charge is 0.331 e. The Balaban J connectivity index is 1.48. The molecule has 1 spiro atoms. The molecule has 2 amide bonds. The average Bonchev–Trinajstić information content (AvgIpc) is 3.50. The second-order valence-electron chi connectivity index (χ2n) is 14.4. The maximum Gasteiger partial charge on any atom is 0.331 e. The Morgan fingerprint density at radius 2 is 1.82 bits per heavy atom. The lowest BCUT2D eigenvalue weighted by atomic mass is 9.54. The molecule has 5 aliphatic rings. The molecule has 1 aromatic rings. The van der Waals surface area contributed by atoms with Crippen molar-refractivity contribution in [3.63, 3.8) is 0 Å². The number of allylic oxidation sites excluding steroid dienone is 2. The van der Waals surface area contributed by atoms with Crippen LogP contribution >= 0.6 is 0 Å². The number of fused-ring (bicyclic) bond motifs is 2. The summed E-state index contributed by atoms with van der Waals surface area (Å²) < 4.78 is 11.9. The Morgan fingerprint density at radius 1 is 1.10 bits per heavy atom. The first-order valence-electron chi connectivity index (χ1n) is 17.1. The van der Waals surface area contributed by atoms with Gasteiger partial charge in [-0.15, -0.1) is 0 Å². The van der Waals surface area contributed by atoms with Crippen molar-refractivity contribution in [2.24, 2.45) is 40.7 Å². The molecular weight excluding hydrogens is 628 g/mol. The number of benzene rings is 1. The van der Waals surface area contributed by atoms with E-state index in [1.54, 1.807) is 6.08 Å².